The molecule has 0 aliphatic rings. The number of rotatable bonds is 8. The van der Waals surface area contributed by atoms with Gasteiger partial charge in [0.1, 0.15) is 11.2 Å². The van der Waals surface area contributed by atoms with E-state index in [1.807, 2.05) is 12.1 Å². The summed E-state index contributed by atoms with van der Waals surface area (Å²) in [6, 6.07) is 89.6. The Morgan fingerprint density at radius 3 is 1.06 bits per heavy atom. The molecular weight excluding hydrogens is 775 g/mol. The molecule has 0 saturated heterocycles. The molecule has 0 fully saturated rings. The monoisotopic (exact) mass is 815 g/mol. The molecule has 2 heteroatoms. The second-order valence-electron chi connectivity index (χ2n) is 16.5. The predicted molar refractivity (Wildman–Crippen MR) is 271 cm³/mol. The lowest BCUT2D eigenvalue weighted by molar-refractivity contribution is 0.669. The lowest BCUT2D eigenvalue weighted by atomic mass is 9.96. The Bertz CT molecular complexity index is 3440. The number of hydrogen-bond acceptors (Lipinski definition) is 2. The highest BCUT2D eigenvalue weighted by molar-refractivity contribution is 6.12. The molecule has 0 aliphatic carbocycles. The lowest BCUT2D eigenvalue weighted by Crippen LogP contribution is -2.09. The molecule has 0 bridgehead atoms. The van der Waals surface area contributed by atoms with E-state index in [1.54, 1.807) is 0 Å². The largest absolute Gasteiger partial charge is 0.456 e. The summed E-state index contributed by atoms with van der Waals surface area (Å²) < 4.78 is 6.25. The zero-order valence-corrected chi connectivity index (χ0v) is 35.0. The first-order valence-electron chi connectivity index (χ1n) is 21.9. The zero-order valence-electron chi connectivity index (χ0n) is 35.0. The van der Waals surface area contributed by atoms with Crippen molar-refractivity contribution in [3.8, 4) is 55.6 Å². The van der Waals surface area contributed by atoms with Gasteiger partial charge >= 0.3 is 0 Å². The Kier molecular flexibility index (Phi) is 9.20. The van der Waals surface area contributed by atoms with E-state index in [9.17, 15) is 0 Å². The number of fused-ring (bicyclic) bond motifs is 5. The van der Waals surface area contributed by atoms with E-state index < -0.39 is 0 Å². The molecule has 11 aromatic carbocycles. The van der Waals surface area contributed by atoms with Crippen LogP contribution >= 0.6 is 0 Å². The van der Waals surface area contributed by atoms with Crippen molar-refractivity contribution >= 4 is 60.5 Å². The van der Waals surface area contributed by atoms with Gasteiger partial charge in [-0.15, -0.1) is 0 Å². The van der Waals surface area contributed by atoms with Crippen LogP contribution in [-0.4, -0.2) is 0 Å². The van der Waals surface area contributed by atoms with Crippen molar-refractivity contribution in [2.24, 2.45) is 0 Å². The molecule has 0 atom stereocenters. The molecule has 0 unspecified atom stereocenters. The molecule has 12 aromatic rings. The Labute approximate surface area is 372 Å². The third kappa shape index (κ3) is 6.70. The zero-order chi connectivity index (χ0) is 42.4. The molecule has 300 valence electrons. The SMILES string of the molecule is c1ccc2c(-c3ccc(-c4ccc(N(c5ccc(-c6ccc(-c7cccc8ccccc78)cc6)cc5)c5ccc(-c6cccc7oc8ccccc8c67)cc5)cc4)cc3)cccc2c1. The summed E-state index contributed by atoms with van der Waals surface area (Å²) in [7, 11) is 0. The van der Waals surface area contributed by atoms with E-state index in [0.29, 0.717) is 0 Å². The molecule has 2 nitrogen and oxygen atoms in total. The highest BCUT2D eigenvalue weighted by Gasteiger charge is 2.17. The first kappa shape index (κ1) is 37.3. The van der Waals surface area contributed by atoms with Crippen LogP contribution in [0.1, 0.15) is 0 Å². The smallest absolute Gasteiger partial charge is 0.136 e. The van der Waals surface area contributed by atoms with Crippen molar-refractivity contribution < 1.29 is 4.42 Å². The molecule has 0 radical (unpaired) electrons. The molecule has 1 aromatic heterocycles. The van der Waals surface area contributed by atoms with Gasteiger partial charge in [0.05, 0.1) is 0 Å². The maximum atomic E-state index is 6.25. The maximum absolute atomic E-state index is 6.25. The fraction of sp³-hybridized carbons (Fsp3) is 0. The van der Waals surface area contributed by atoms with Gasteiger partial charge < -0.3 is 9.32 Å². The van der Waals surface area contributed by atoms with Crippen LogP contribution in [0.25, 0.3) is 99.1 Å². The van der Waals surface area contributed by atoms with Crippen LogP contribution in [0.3, 0.4) is 0 Å². The Morgan fingerprint density at radius 1 is 0.234 bits per heavy atom. The topological polar surface area (TPSA) is 16.4 Å². The summed E-state index contributed by atoms with van der Waals surface area (Å²) in [4.78, 5) is 2.35. The van der Waals surface area contributed by atoms with Crippen molar-refractivity contribution in [3.05, 3.63) is 249 Å². The molecule has 0 aliphatic heterocycles. The molecule has 0 spiro atoms. The van der Waals surface area contributed by atoms with E-state index in [2.05, 4.69) is 241 Å². The fourth-order valence-electron chi connectivity index (χ4n) is 9.50. The normalized spacial score (nSPS) is 11.4. The number of anilines is 3. The van der Waals surface area contributed by atoms with Crippen LogP contribution in [0.5, 0.6) is 0 Å². The molecule has 64 heavy (non-hydrogen) atoms. The molecular formula is C62H41NO. The number of hydrogen-bond donors (Lipinski definition) is 0. The van der Waals surface area contributed by atoms with Crippen LogP contribution in [0, 0.1) is 0 Å². The van der Waals surface area contributed by atoms with E-state index in [0.717, 1.165) is 50.1 Å². The Hall–Kier alpha value is -8.46. The van der Waals surface area contributed by atoms with Gasteiger partial charge in [0, 0.05) is 27.8 Å². The number of benzene rings is 11. The molecule has 0 amide bonds. The van der Waals surface area contributed by atoms with Crippen LogP contribution < -0.4 is 4.90 Å². The second kappa shape index (κ2) is 15.8. The van der Waals surface area contributed by atoms with Crippen molar-refractivity contribution in [2.75, 3.05) is 4.90 Å². The highest BCUT2D eigenvalue weighted by Crippen LogP contribution is 2.41. The van der Waals surface area contributed by atoms with Crippen molar-refractivity contribution in [1.29, 1.82) is 0 Å². The lowest BCUT2D eigenvalue weighted by Gasteiger charge is -2.26. The van der Waals surface area contributed by atoms with Crippen LogP contribution in [0.15, 0.2) is 253 Å². The average molecular weight is 816 g/mol. The van der Waals surface area contributed by atoms with Crippen LogP contribution in [0.2, 0.25) is 0 Å². The predicted octanol–water partition coefficient (Wildman–Crippen LogP) is 17.7. The summed E-state index contributed by atoms with van der Waals surface area (Å²) in [5.41, 5.74) is 17.0. The van der Waals surface area contributed by atoms with Crippen molar-refractivity contribution in [3.63, 3.8) is 0 Å². The van der Waals surface area contributed by atoms with Gasteiger partial charge in [0.25, 0.3) is 0 Å². The minimum Gasteiger partial charge on any atom is -0.456 e. The summed E-state index contributed by atoms with van der Waals surface area (Å²) in [5.74, 6) is 0. The van der Waals surface area contributed by atoms with E-state index >= 15 is 0 Å². The molecule has 1 heterocycles. The van der Waals surface area contributed by atoms with Crippen LogP contribution in [0.4, 0.5) is 17.1 Å². The van der Waals surface area contributed by atoms with E-state index in [1.165, 1.54) is 66.1 Å². The first-order valence-corrected chi connectivity index (χ1v) is 21.9. The minimum absolute atomic E-state index is 0.899. The summed E-state index contributed by atoms with van der Waals surface area (Å²) in [5, 5.41) is 7.32. The molecule has 12 rings (SSSR count). The van der Waals surface area contributed by atoms with Gasteiger partial charge in [-0.2, -0.15) is 0 Å². The van der Waals surface area contributed by atoms with E-state index in [4.69, 9.17) is 4.42 Å². The van der Waals surface area contributed by atoms with Gasteiger partial charge in [-0.3, -0.25) is 0 Å². The Balaban J connectivity index is 0.883. The summed E-state index contributed by atoms with van der Waals surface area (Å²) in [6.45, 7) is 0. The van der Waals surface area contributed by atoms with Gasteiger partial charge in [-0.1, -0.05) is 200 Å². The maximum Gasteiger partial charge on any atom is 0.136 e. The summed E-state index contributed by atoms with van der Waals surface area (Å²) >= 11 is 0. The quantitative estimate of drug-likeness (QED) is 0.152. The van der Waals surface area contributed by atoms with Gasteiger partial charge in [0.2, 0.25) is 0 Å². The highest BCUT2D eigenvalue weighted by atomic mass is 16.3. The van der Waals surface area contributed by atoms with Crippen molar-refractivity contribution in [2.45, 2.75) is 0 Å². The third-order valence-corrected chi connectivity index (χ3v) is 12.7. The van der Waals surface area contributed by atoms with E-state index in [-0.39, 0.29) is 0 Å². The first-order chi connectivity index (χ1) is 31.7. The van der Waals surface area contributed by atoms with Gasteiger partial charge in [-0.25, -0.2) is 0 Å². The average Bonchev–Trinajstić information content (AvgIpc) is 3.76. The number of nitrogens with zero attached hydrogens (tertiary/aromatic N) is 1. The molecule has 0 saturated carbocycles. The fourth-order valence-corrected chi connectivity index (χ4v) is 9.50. The van der Waals surface area contributed by atoms with Crippen LogP contribution in [-0.2, 0) is 0 Å². The molecule has 0 N–H and O–H groups in total. The Morgan fingerprint density at radius 2 is 0.562 bits per heavy atom. The minimum atomic E-state index is 0.899. The standard InChI is InChI=1S/C62H41NO/c1-3-14-54-46(10-1)12-7-17-56(54)48-26-22-42(23-27-48)44-30-36-51(37-31-44)63(53-40-34-50(35-41-53)58-19-9-21-61-62(58)59-16-5-6-20-60(59)64-61)52-38-32-45(33-39-52)43-24-28-49(29-25-43)57-18-8-13-47-11-2-4-15-55(47)57/h1-41H. The number of para-hydroxylation sites is 1. The van der Waals surface area contributed by atoms with Crippen molar-refractivity contribution in [1.82, 2.24) is 0 Å². The summed E-state index contributed by atoms with van der Waals surface area (Å²) in [6.07, 6.45) is 0. The van der Waals surface area contributed by atoms with Gasteiger partial charge in [0.15, 0.2) is 0 Å². The van der Waals surface area contributed by atoms with Gasteiger partial charge in [-0.05, 0) is 126 Å². The number of furan rings is 1. The third-order valence-electron chi connectivity index (χ3n) is 12.7. The second-order valence-corrected chi connectivity index (χ2v) is 16.5.